The van der Waals surface area contributed by atoms with Gasteiger partial charge in [-0.25, -0.2) is 0 Å². The van der Waals surface area contributed by atoms with Gasteiger partial charge in [-0.3, -0.25) is 0 Å². The Balaban J connectivity index is 1.71. The second kappa shape index (κ2) is 5.41. The minimum atomic E-state index is 0.932. The smallest absolute Gasteiger partial charge is 0.0483 e. The Kier molecular flexibility index (Phi) is 3.46. The van der Waals surface area contributed by atoms with Gasteiger partial charge in [-0.05, 0) is 43.2 Å². The summed E-state index contributed by atoms with van der Waals surface area (Å²) in [6.45, 7) is 6.20. The summed E-state index contributed by atoms with van der Waals surface area (Å²) < 4.78 is 2.33. The summed E-state index contributed by atoms with van der Waals surface area (Å²) in [5, 5.41) is 4.84. The zero-order valence-corrected chi connectivity index (χ0v) is 12.1. The molecule has 0 atom stereocenters. The SMILES string of the molecule is Cc1cccc(NCCn2cc(C)c3ccccc32)c1. The first kappa shape index (κ1) is 12.8. The number of aromatic nitrogens is 1. The van der Waals surface area contributed by atoms with Crippen LogP contribution in [0.15, 0.2) is 54.7 Å². The van der Waals surface area contributed by atoms with Crippen LogP contribution in [0.25, 0.3) is 10.9 Å². The van der Waals surface area contributed by atoms with Gasteiger partial charge in [0.15, 0.2) is 0 Å². The van der Waals surface area contributed by atoms with Crippen LogP contribution in [-0.4, -0.2) is 11.1 Å². The van der Waals surface area contributed by atoms with Gasteiger partial charge in [0.25, 0.3) is 0 Å². The van der Waals surface area contributed by atoms with Crippen molar-refractivity contribution in [2.45, 2.75) is 20.4 Å². The number of para-hydroxylation sites is 1. The van der Waals surface area contributed by atoms with Crippen LogP contribution in [0.1, 0.15) is 11.1 Å². The van der Waals surface area contributed by atoms with Crippen LogP contribution in [0.4, 0.5) is 5.69 Å². The minimum absolute atomic E-state index is 0.932. The van der Waals surface area contributed by atoms with Crippen LogP contribution in [0.3, 0.4) is 0 Å². The zero-order chi connectivity index (χ0) is 13.9. The molecule has 0 fully saturated rings. The second-order valence-corrected chi connectivity index (χ2v) is 5.32. The lowest BCUT2D eigenvalue weighted by Gasteiger charge is -2.09. The number of aryl methyl sites for hydroxylation is 2. The van der Waals surface area contributed by atoms with Crippen LogP contribution < -0.4 is 5.32 Å². The average molecular weight is 264 g/mol. The fourth-order valence-electron chi connectivity index (χ4n) is 2.69. The Labute approximate surface area is 120 Å². The van der Waals surface area contributed by atoms with Gasteiger partial charge in [0.05, 0.1) is 0 Å². The molecule has 2 heteroatoms. The third-order valence-corrected chi connectivity index (χ3v) is 3.69. The van der Waals surface area contributed by atoms with Gasteiger partial charge < -0.3 is 9.88 Å². The van der Waals surface area contributed by atoms with Crippen molar-refractivity contribution in [1.29, 1.82) is 0 Å². The van der Waals surface area contributed by atoms with E-state index in [0.717, 1.165) is 13.1 Å². The Morgan fingerprint density at radius 1 is 1.00 bits per heavy atom. The molecule has 3 rings (SSSR count). The number of benzene rings is 2. The molecule has 1 heterocycles. The maximum Gasteiger partial charge on any atom is 0.0483 e. The molecule has 0 bridgehead atoms. The van der Waals surface area contributed by atoms with Gasteiger partial charge in [0.1, 0.15) is 0 Å². The van der Waals surface area contributed by atoms with E-state index in [1.807, 2.05) is 0 Å². The summed E-state index contributed by atoms with van der Waals surface area (Å²) in [6.07, 6.45) is 2.24. The molecular formula is C18H20N2. The number of nitrogens with zero attached hydrogens (tertiary/aromatic N) is 1. The molecule has 102 valence electrons. The quantitative estimate of drug-likeness (QED) is 0.740. The van der Waals surface area contributed by atoms with E-state index in [1.54, 1.807) is 0 Å². The predicted molar refractivity (Wildman–Crippen MR) is 86.3 cm³/mol. The zero-order valence-electron chi connectivity index (χ0n) is 12.1. The minimum Gasteiger partial charge on any atom is -0.383 e. The van der Waals surface area contributed by atoms with Crippen molar-refractivity contribution in [2.75, 3.05) is 11.9 Å². The summed E-state index contributed by atoms with van der Waals surface area (Å²) in [7, 11) is 0. The van der Waals surface area contributed by atoms with Crippen molar-refractivity contribution >= 4 is 16.6 Å². The molecule has 20 heavy (non-hydrogen) atoms. The van der Waals surface area contributed by atoms with Crippen LogP contribution in [-0.2, 0) is 6.54 Å². The van der Waals surface area contributed by atoms with Gasteiger partial charge in [-0.2, -0.15) is 0 Å². The Hall–Kier alpha value is -2.22. The van der Waals surface area contributed by atoms with Crippen molar-refractivity contribution < 1.29 is 0 Å². The molecule has 0 aliphatic carbocycles. The van der Waals surface area contributed by atoms with Crippen molar-refractivity contribution in [2.24, 2.45) is 0 Å². The average Bonchev–Trinajstić information content (AvgIpc) is 2.77. The number of rotatable bonds is 4. The van der Waals surface area contributed by atoms with E-state index in [1.165, 1.54) is 27.7 Å². The Morgan fingerprint density at radius 3 is 2.70 bits per heavy atom. The number of hydrogen-bond acceptors (Lipinski definition) is 1. The Bertz CT molecular complexity index is 725. The number of anilines is 1. The molecule has 0 unspecified atom stereocenters. The van der Waals surface area contributed by atoms with E-state index >= 15 is 0 Å². The lowest BCUT2D eigenvalue weighted by molar-refractivity contribution is 0.755. The van der Waals surface area contributed by atoms with Gasteiger partial charge in [0, 0.05) is 35.9 Å². The first-order chi connectivity index (χ1) is 9.74. The van der Waals surface area contributed by atoms with Gasteiger partial charge in [-0.1, -0.05) is 30.3 Å². The van der Waals surface area contributed by atoms with Crippen molar-refractivity contribution in [3.8, 4) is 0 Å². The molecule has 0 aliphatic heterocycles. The summed E-state index contributed by atoms with van der Waals surface area (Å²) in [5.74, 6) is 0. The normalized spacial score (nSPS) is 10.9. The van der Waals surface area contributed by atoms with Gasteiger partial charge in [0.2, 0.25) is 0 Å². The number of hydrogen-bond donors (Lipinski definition) is 1. The molecule has 0 aliphatic rings. The number of nitrogens with one attached hydrogen (secondary N) is 1. The van der Waals surface area contributed by atoms with E-state index < -0.39 is 0 Å². The third kappa shape index (κ3) is 2.55. The van der Waals surface area contributed by atoms with Crippen LogP contribution in [0, 0.1) is 13.8 Å². The molecule has 1 N–H and O–H groups in total. The fraction of sp³-hybridized carbons (Fsp3) is 0.222. The molecule has 0 saturated carbocycles. The first-order valence-corrected chi connectivity index (χ1v) is 7.09. The molecule has 1 aromatic heterocycles. The topological polar surface area (TPSA) is 17.0 Å². The van der Waals surface area contributed by atoms with E-state index in [9.17, 15) is 0 Å². The predicted octanol–water partition coefficient (Wildman–Crippen LogP) is 4.37. The van der Waals surface area contributed by atoms with E-state index in [2.05, 4.69) is 78.5 Å². The Morgan fingerprint density at radius 2 is 1.85 bits per heavy atom. The van der Waals surface area contributed by atoms with Crippen LogP contribution >= 0.6 is 0 Å². The first-order valence-electron chi connectivity index (χ1n) is 7.09. The maximum atomic E-state index is 3.49. The number of fused-ring (bicyclic) bond motifs is 1. The van der Waals surface area contributed by atoms with E-state index in [4.69, 9.17) is 0 Å². The molecule has 2 nitrogen and oxygen atoms in total. The van der Waals surface area contributed by atoms with Gasteiger partial charge >= 0.3 is 0 Å². The lowest BCUT2D eigenvalue weighted by atomic mass is 10.2. The third-order valence-electron chi connectivity index (χ3n) is 3.69. The molecule has 0 saturated heterocycles. The van der Waals surface area contributed by atoms with Gasteiger partial charge in [-0.15, -0.1) is 0 Å². The molecule has 0 spiro atoms. The summed E-state index contributed by atoms with van der Waals surface area (Å²) in [4.78, 5) is 0. The van der Waals surface area contributed by atoms with Crippen molar-refractivity contribution in [3.05, 3.63) is 65.9 Å². The molecule has 3 aromatic rings. The summed E-state index contributed by atoms with van der Waals surface area (Å²) >= 11 is 0. The monoisotopic (exact) mass is 264 g/mol. The highest BCUT2D eigenvalue weighted by atomic mass is 15.0. The second-order valence-electron chi connectivity index (χ2n) is 5.32. The largest absolute Gasteiger partial charge is 0.383 e. The molecule has 0 amide bonds. The standard InChI is InChI=1S/C18H20N2/c1-14-6-5-7-16(12-14)19-10-11-20-13-15(2)17-8-3-4-9-18(17)20/h3-9,12-13,19H,10-11H2,1-2H3. The highest BCUT2D eigenvalue weighted by molar-refractivity contribution is 5.83. The van der Waals surface area contributed by atoms with Crippen molar-refractivity contribution in [3.63, 3.8) is 0 Å². The lowest BCUT2D eigenvalue weighted by Crippen LogP contribution is -2.09. The van der Waals surface area contributed by atoms with E-state index in [-0.39, 0.29) is 0 Å². The highest BCUT2D eigenvalue weighted by Crippen LogP contribution is 2.20. The highest BCUT2D eigenvalue weighted by Gasteiger charge is 2.03. The van der Waals surface area contributed by atoms with Crippen molar-refractivity contribution in [1.82, 2.24) is 4.57 Å². The van der Waals surface area contributed by atoms with Crippen LogP contribution in [0.2, 0.25) is 0 Å². The molecular weight excluding hydrogens is 244 g/mol. The summed E-state index contributed by atoms with van der Waals surface area (Å²) in [6, 6.07) is 17.1. The molecule has 0 radical (unpaired) electrons. The molecule has 2 aromatic carbocycles. The maximum absolute atomic E-state index is 3.49. The summed E-state index contributed by atoms with van der Waals surface area (Å²) in [5.41, 5.74) is 5.14. The van der Waals surface area contributed by atoms with E-state index in [0.29, 0.717) is 0 Å². The fourth-order valence-corrected chi connectivity index (χ4v) is 2.69. The van der Waals surface area contributed by atoms with Crippen LogP contribution in [0.5, 0.6) is 0 Å².